The number of aliphatic hydroxyl groups is 1. The molecule has 4 fully saturated rings. The third-order valence-electron chi connectivity index (χ3n) is 11.2. The summed E-state index contributed by atoms with van der Waals surface area (Å²) < 4.78 is 5.80. The van der Waals surface area contributed by atoms with Gasteiger partial charge in [0.1, 0.15) is 0 Å². The van der Waals surface area contributed by atoms with Gasteiger partial charge in [-0.15, -0.1) is 0 Å². The van der Waals surface area contributed by atoms with Gasteiger partial charge in [0.15, 0.2) is 0 Å². The fourth-order valence-corrected chi connectivity index (χ4v) is 9.21. The van der Waals surface area contributed by atoms with Gasteiger partial charge >= 0.3 is 5.97 Å². The van der Waals surface area contributed by atoms with Gasteiger partial charge in [-0.25, -0.2) is 0 Å². The lowest BCUT2D eigenvalue weighted by atomic mass is 9.33. The van der Waals surface area contributed by atoms with E-state index in [-0.39, 0.29) is 39.1 Å². The molecule has 7 atom stereocenters. The van der Waals surface area contributed by atoms with Gasteiger partial charge in [0, 0.05) is 5.41 Å². The van der Waals surface area contributed by atoms with E-state index in [1.807, 2.05) is 0 Å². The third kappa shape index (κ3) is 3.51. The Morgan fingerprint density at radius 2 is 1.64 bits per heavy atom. The first-order chi connectivity index (χ1) is 15.3. The standard InChI is InChI=1S/C30H46O3/c1-21(2)11-9-8-10-15-27(5)16-12-23-28(6)17-14-24(31)26(3,4)22(28)13-18-29(23,7)30(27)19-25(32)33-20-30/h8-11,15,22-24,31H,12-14,16-20H2,1-7H3/b9-8+,15-10+/t22?,23?,24?,27?,28-,29+,30-/m0/s1. The number of fused-ring (bicyclic) bond motifs is 4. The summed E-state index contributed by atoms with van der Waals surface area (Å²) in [5, 5.41) is 10.9. The number of ether oxygens (including phenoxy) is 1. The van der Waals surface area contributed by atoms with E-state index < -0.39 is 0 Å². The maximum atomic E-state index is 12.7. The van der Waals surface area contributed by atoms with Gasteiger partial charge < -0.3 is 9.84 Å². The molecule has 0 radical (unpaired) electrons. The zero-order valence-electron chi connectivity index (χ0n) is 22.0. The molecule has 4 unspecified atom stereocenters. The van der Waals surface area contributed by atoms with Crippen molar-refractivity contribution in [3.05, 3.63) is 36.0 Å². The molecule has 1 aliphatic heterocycles. The number of carbonyl (C=O) groups excluding carboxylic acids is 1. The number of carbonyl (C=O) groups is 1. The number of aliphatic hydroxyl groups excluding tert-OH is 1. The van der Waals surface area contributed by atoms with Crippen LogP contribution in [0, 0.1) is 38.9 Å². The molecule has 0 aromatic carbocycles. The molecule has 1 N–H and O–H groups in total. The summed E-state index contributed by atoms with van der Waals surface area (Å²) in [5.74, 6) is 1.05. The molecular weight excluding hydrogens is 408 g/mol. The molecule has 0 amide bonds. The number of esters is 1. The van der Waals surface area contributed by atoms with Crippen LogP contribution in [0.25, 0.3) is 0 Å². The van der Waals surface area contributed by atoms with Crippen molar-refractivity contribution < 1.29 is 14.6 Å². The average Bonchev–Trinajstić information content (AvgIpc) is 3.13. The summed E-state index contributed by atoms with van der Waals surface area (Å²) in [6.45, 7) is 16.7. The van der Waals surface area contributed by atoms with Gasteiger partial charge in [0.2, 0.25) is 0 Å². The minimum atomic E-state index is -0.213. The van der Waals surface area contributed by atoms with E-state index in [4.69, 9.17) is 4.74 Å². The summed E-state index contributed by atoms with van der Waals surface area (Å²) in [7, 11) is 0. The summed E-state index contributed by atoms with van der Waals surface area (Å²) in [5.41, 5.74) is 1.23. The van der Waals surface area contributed by atoms with Crippen LogP contribution in [0.5, 0.6) is 0 Å². The molecule has 33 heavy (non-hydrogen) atoms. The number of cyclic esters (lactones) is 1. The summed E-state index contributed by atoms with van der Waals surface area (Å²) in [4.78, 5) is 12.7. The molecule has 0 aromatic rings. The van der Waals surface area contributed by atoms with Crippen LogP contribution in [0.3, 0.4) is 0 Å². The molecule has 3 nitrogen and oxygen atoms in total. The van der Waals surface area contributed by atoms with E-state index in [0.717, 1.165) is 32.1 Å². The first-order valence-corrected chi connectivity index (χ1v) is 13.2. The lowest BCUT2D eigenvalue weighted by Crippen LogP contribution is -2.67. The normalized spacial score (nSPS) is 46.9. The van der Waals surface area contributed by atoms with Gasteiger partial charge in [0.25, 0.3) is 0 Å². The van der Waals surface area contributed by atoms with E-state index in [1.54, 1.807) is 0 Å². The van der Waals surface area contributed by atoms with E-state index >= 15 is 0 Å². The highest BCUT2D eigenvalue weighted by Crippen LogP contribution is 2.76. The van der Waals surface area contributed by atoms with Crippen molar-refractivity contribution in [3.63, 3.8) is 0 Å². The number of hydrogen-bond donors (Lipinski definition) is 1. The predicted molar refractivity (Wildman–Crippen MR) is 135 cm³/mol. The van der Waals surface area contributed by atoms with Crippen LogP contribution in [0.4, 0.5) is 0 Å². The zero-order valence-corrected chi connectivity index (χ0v) is 22.0. The van der Waals surface area contributed by atoms with Crippen molar-refractivity contribution in [2.75, 3.05) is 6.61 Å². The fourth-order valence-electron chi connectivity index (χ4n) is 9.21. The van der Waals surface area contributed by atoms with Crippen LogP contribution in [0.2, 0.25) is 0 Å². The molecule has 3 saturated carbocycles. The Hall–Kier alpha value is -1.35. The van der Waals surface area contributed by atoms with E-state index in [2.05, 4.69) is 78.8 Å². The molecule has 4 rings (SSSR count). The topological polar surface area (TPSA) is 46.5 Å². The summed E-state index contributed by atoms with van der Waals surface area (Å²) in [6.07, 6.45) is 17.7. The molecule has 1 saturated heterocycles. The molecular formula is C30H46O3. The molecule has 1 spiro atoms. The lowest BCUT2D eigenvalue weighted by molar-refractivity contribution is -0.237. The SMILES string of the molecule is CC(C)=C/C=C/C=C/C1(C)CCC2[C@@]3(C)CCC(O)C(C)(C)C3CC[C@@]2(C)[C@@]12COC(=O)C2. The van der Waals surface area contributed by atoms with Crippen molar-refractivity contribution >= 4 is 5.97 Å². The second kappa shape index (κ2) is 8.11. The minimum absolute atomic E-state index is 0.0248. The average molecular weight is 455 g/mol. The van der Waals surface area contributed by atoms with Gasteiger partial charge in [-0.05, 0) is 85.9 Å². The Morgan fingerprint density at radius 3 is 2.27 bits per heavy atom. The molecule has 184 valence electrons. The highest BCUT2D eigenvalue weighted by Gasteiger charge is 2.72. The zero-order chi connectivity index (χ0) is 24.3. The van der Waals surface area contributed by atoms with Crippen molar-refractivity contribution in [3.8, 4) is 0 Å². The summed E-state index contributed by atoms with van der Waals surface area (Å²) in [6, 6.07) is 0. The first kappa shape index (κ1) is 24.8. The predicted octanol–water partition coefficient (Wildman–Crippen LogP) is 7.02. The third-order valence-corrected chi connectivity index (χ3v) is 11.2. The highest BCUT2D eigenvalue weighted by atomic mass is 16.5. The quantitative estimate of drug-likeness (QED) is 0.368. The molecule has 1 heterocycles. The number of hydrogen-bond acceptors (Lipinski definition) is 3. The summed E-state index contributed by atoms with van der Waals surface area (Å²) >= 11 is 0. The van der Waals surface area contributed by atoms with Crippen molar-refractivity contribution in [2.24, 2.45) is 38.9 Å². The first-order valence-electron chi connectivity index (χ1n) is 13.2. The van der Waals surface area contributed by atoms with Crippen molar-refractivity contribution in [1.29, 1.82) is 0 Å². The molecule has 3 aliphatic carbocycles. The van der Waals surface area contributed by atoms with E-state index in [0.29, 0.717) is 24.9 Å². The smallest absolute Gasteiger partial charge is 0.306 e. The van der Waals surface area contributed by atoms with E-state index in [1.165, 1.54) is 12.0 Å². The highest BCUT2D eigenvalue weighted by molar-refractivity contribution is 5.73. The maximum Gasteiger partial charge on any atom is 0.306 e. The fraction of sp³-hybridized carbons (Fsp3) is 0.767. The Labute approximate surface area is 201 Å². The van der Waals surface area contributed by atoms with E-state index in [9.17, 15) is 9.90 Å². The minimum Gasteiger partial charge on any atom is -0.465 e. The largest absolute Gasteiger partial charge is 0.465 e. The van der Waals surface area contributed by atoms with Gasteiger partial charge in [-0.3, -0.25) is 4.79 Å². The van der Waals surface area contributed by atoms with Gasteiger partial charge in [-0.2, -0.15) is 0 Å². The Bertz CT molecular complexity index is 877. The molecule has 0 bridgehead atoms. The van der Waals surface area contributed by atoms with Crippen LogP contribution < -0.4 is 0 Å². The maximum absolute atomic E-state index is 12.7. The lowest BCUT2D eigenvalue weighted by Gasteiger charge is -2.71. The van der Waals surface area contributed by atoms with Crippen LogP contribution in [0.1, 0.15) is 93.4 Å². The second-order valence-electron chi connectivity index (χ2n) is 13.3. The van der Waals surface area contributed by atoms with Crippen LogP contribution >= 0.6 is 0 Å². The Kier molecular flexibility index (Phi) is 6.08. The van der Waals surface area contributed by atoms with Crippen LogP contribution in [-0.4, -0.2) is 23.8 Å². The van der Waals surface area contributed by atoms with Crippen LogP contribution in [-0.2, 0) is 9.53 Å². The molecule has 3 heteroatoms. The van der Waals surface area contributed by atoms with Crippen molar-refractivity contribution in [2.45, 2.75) is 99.5 Å². The number of allylic oxidation sites excluding steroid dienone is 6. The second-order valence-corrected chi connectivity index (χ2v) is 13.3. The Balaban J connectivity index is 1.74. The molecule has 0 aromatic heterocycles. The monoisotopic (exact) mass is 454 g/mol. The molecule has 4 aliphatic rings. The van der Waals surface area contributed by atoms with Gasteiger partial charge in [0.05, 0.1) is 19.1 Å². The Morgan fingerprint density at radius 1 is 0.939 bits per heavy atom. The number of rotatable bonds is 3. The van der Waals surface area contributed by atoms with Crippen LogP contribution in [0.15, 0.2) is 36.0 Å². The van der Waals surface area contributed by atoms with Gasteiger partial charge in [-0.1, -0.05) is 70.6 Å². The van der Waals surface area contributed by atoms with Crippen molar-refractivity contribution in [1.82, 2.24) is 0 Å².